The molecule has 0 saturated carbocycles. The number of nitrogens with two attached hydrogens (primary N) is 2. The summed E-state index contributed by atoms with van der Waals surface area (Å²) in [5.41, 5.74) is 10.2. The lowest BCUT2D eigenvalue weighted by atomic mass is 10.1. The van der Waals surface area contributed by atoms with E-state index in [4.69, 9.17) is 11.5 Å². The van der Waals surface area contributed by atoms with Crippen molar-refractivity contribution >= 4 is 23.2 Å². The average Bonchev–Trinajstić information content (AvgIpc) is 2.78. The predicted octanol–water partition coefficient (Wildman–Crippen LogP) is 2.14. The molecule has 1 aromatic rings. The molecule has 0 saturated heterocycles. The van der Waals surface area contributed by atoms with E-state index in [0.29, 0.717) is 12.8 Å². The van der Waals surface area contributed by atoms with Gasteiger partial charge in [0.2, 0.25) is 11.8 Å². The highest BCUT2D eigenvalue weighted by Crippen LogP contribution is 2.20. The summed E-state index contributed by atoms with van der Waals surface area (Å²) in [7, 11) is 0. The molecule has 1 heterocycles. The monoisotopic (exact) mass is 282 g/mol. The maximum absolute atomic E-state index is 10.6. The molecule has 0 bridgehead atoms. The third-order valence-electron chi connectivity index (χ3n) is 2.91. The van der Waals surface area contributed by atoms with Gasteiger partial charge < -0.3 is 11.5 Å². The van der Waals surface area contributed by atoms with Crippen molar-refractivity contribution in [3.05, 3.63) is 21.9 Å². The summed E-state index contributed by atoms with van der Waals surface area (Å²) < 4.78 is 0. The zero-order chi connectivity index (χ0) is 14.1. The van der Waals surface area contributed by atoms with E-state index in [2.05, 4.69) is 12.1 Å². The molecule has 4 N–H and O–H groups in total. The van der Waals surface area contributed by atoms with Gasteiger partial charge in [-0.1, -0.05) is 0 Å². The largest absolute Gasteiger partial charge is 0.370 e. The molecule has 0 radical (unpaired) electrons. The molecular weight excluding hydrogens is 260 g/mol. The van der Waals surface area contributed by atoms with Crippen molar-refractivity contribution in [2.45, 2.75) is 51.4 Å². The van der Waals surface area contributed by atoms with Crippen LogP contribution in [0.25, 0.3) is 0 Å². The van der Waals surface area contributed by atoms with Crippen LogP contribution < -0.4 is 11.5 Å². The fraction of sp³-hybridized carbons (Fsp3) is 0.571. The molecule has 0 unspecified atom stereocenters. The SMILES string of the molecule is NC(=O)CCCCc1ccc(CCCCC(N)=O)s1. The van der Waals surface area contributed by atoms with Gasteiger partial charge in [0.25, 0.3) is 0 Å². The Bertz CT molecular complexity index is 379. The molecular formula is C14H22N2O2S. The molecule has 0 atom stereocenters. The fourth-order valence-corrected chi connectivity index (χ4v) is 2.99. The first-order valence-electron chi connectivity index (χ1n) is 6.72. The zero-order valence-corrected chi connectivity index (χ0v) is 12.0. The molecule has 106 valence electrons. The van der Waals surface area contributed by atoms with Crippen LogP contribution in [0.1, 0.15) is 48.3 Å². The minimum atomic E-state index is -0.221. The summed E-state index contributed by atoms with van der Waals surface area (Å²) in [5, 5.41) is 0. The topological polar surface area (TPSA) is 86.2 Å². The number of hydrogen-bond donors (Lipinski definition) is 2. The molecule has 1 aromatic heterocycles. The number of primary amides is 2. The van der Waals surface area contributed by atoms with Crippen molar-refractivity contribution in [2.24, 2.45) is 11.5 Å². The van der Waals surface area contributed by atoms with Crippen molar-refractivity contribution in [1.82, 2.24) is 0 Å². The number of aryl methyl sites for hydroxylation is 2. The summed E-state index contributed by atoms with van der Waals surface area (Å²) in [4.78, 5) is 23.9. The molecule has 0 aliphatic carbocycles. The van der Waals surface area contributed by atoms with Gasteiger partial charge in [0.1, 0.15) is 0 Å². The Balaban J connectivity index is 2.17. The fourth-order valence-electron chi connectivity index (χ4n) is 1.89. The maximum atomic E-state index is 10.6. The van der Waals surface area contributed by atoms with Gasteiger partial charge >= 0.3 is 0 Å². The lowest BCUT2D eigenvalue weighted by Gasteiger charge is -1.98. The highest BCUT2D eigenvalue weighted by atomic mass is 32.1. The Morgan fingerprint density at radius 1 is 0.842 bits per heavy atom. The van der Waals surface area contributed by atoms with E-state index in [0.717, 1.165) is 38.5 Å². The highest BCUT2D eigenvalue weighted by molar-refractivity contribution is 7.11. The standard InChI is InChI=1S/C14H22N2O2S/c15-13(17)7-3-1-5-11-9-10-12(19-11)6-2-4-8-14(16)18/h9-10H,1-8H2,(H2,15,17)(H2,16,18). The van der Waals surface area contributed by atoms with Crippen LogP contribution in [0.15, 0.2) is 12.1 Å². The Morgan fingerprint density at radius 2 is 1.26 bits per heavy atom. The summed E-state index contributed by atoms with van der Waals surface area (Å²) in [6, 6.07) is 4.30. The predicted molar refractivity (Wildman–Crippen MR) is 77.8 cm³/mol. The van der Waals surface area contributed by atoms with E-state index in [1.165, 1.54) is 9.75 Å². The van der Waals surface area contributed by atoms with Crippen molar-refractivity contribution in [3.8, 4) is 0 Å². The van der Waals surface area contributed by atoms with Crippen LogP contribution in [0.3, 0.4) is 0 Å². The Labute approximate surface area is 118 Å². The smallest absolute Gasteiger partial charge is 0.217 e. The van der Waals surface area contributed by atoms with E-state index in [-0.39, 0.29) is 11.8 Å². The molecule has 5 heteroatoms. The molecule has 4 nitrogen and oxygen atoms in total. The molecule has 0 aliphatic rings. The second-order valence-electron chi connectivity index (χ2n) is 4.71. The van der Waals surface area contributed by atoms with E-state index >= 15 is 0 Å². The first kappa shape index (κ1) is 15.7. The third-order valence-corrected chi connectivity index (χ3v) is 4.11. The van der Waals surface area contributed by atoms with E-state index in [9.17, 15) is 9.59 Å². The molecule has 0 aromatic carbocycles. The Morgan fingerprint density at radius 3 is 1.63 bits per heavy atom. The number of hydrogen-bond acceptors (Lipinski definition) is 3. The number of amides is 2. The second kappa shape index (κ2) is 8.69. The summed E-state index contributed by atoms with van der Waals surface area (Å²) >= 11 is 1.82. The van der Waals surface area contributed by atoms with Crippen LogP contribution in [0.5, 0.6) is 0 Å². The van der Waals surface area contributed by atoms with Gasteiger partial charge in [-0.3, -0.25) is 9.59 Å². The summed E-state index contributed by atoms with van der Waals surface area (Å²) in [6.07, 6.45) is 6.71. The number of thiophene rings is 1. The number of carbonyl (C=O) groups excluding carboxylic acids is 2. The van der Waals surface area contributed by atoms with Crippen LogP contribution in [0.4, 0.5) is 0 Å². The van der Waals surface area contributed by atoms with Crippen LogP contribution in [0, 0.1) is 0 Å². The molecule has 1 rings (SSSR count). The first-order valence-corrected chi connectivity index (χ1v) is 7.54. The van der Waals surface area contributed by atoms with Crippen molar-refractivity contribution in [2.75, 3.05) is 0 Å². The second-order valence-corrected chi connectivity index (χ2v) is 5.97. The molecule has 0 spiro atoms. The van der Waals surface area contributed by atoms with Gasteiger partial charge in [-0.15, -0.1) is 11.3 Å². The van der Waals surface area contributed by atoms with Gasteiger partial charge in [-0.25, -0.2) is 0 Å². The first-order chi connectivity index (χ1) is 9.08. The quantitative estimate of drug-likeness (QED) is 0.644. The maximum Gasteiger partial charge on any atom is 0.217 e. The lowest BCUT2D eigenvalue weighted by molar-refractivity contribution is -0.119. The van der Waals surface area contributed by atoms with Crippen LogP contribution in [-0.2, 0) is 22.4 Å². The van der Waals surface area contributed by atoms with Crippen LogP contribution in [-0.4, -0.2) is 11.8 Å². The molecule has 19 heavy (non-hydrogen) atoms. The van der Waals surface area contributed by atoms with Gasteiger partial charge in [0, 0.05) is 22.6 Å². The van der Waals surface area contributed by atoms with Crippen molar-refractivity contribution < 1.29 is 9.59 Å². The number of unbranched alkanes of at least 4 members (excludes halogenated alkanes) is 2. The van der Waals surface area contributed by atoms with Crippen LogP contribution >= 0.6 is 11.3 Å². The molecule has 2 amide bonds. The van der Waals surface area contributed by atoms with Gasteiger partial charge in [0.15, 0.2) is 0 Å². The summed E-state index contributed by atoms with van der Waals surface area (Å²) in [6.45, 7) is 0. The van der Waals surface area contributed by atoms with Crippen molar-refractivity contribution in [1.29, 1.82) is 0 Å². The van der Waals surface area contributed by atoms with Gasteiger partial charge in [0.05, 0.1) is 0 Å². The third kappa shape index (κ3) is 7.62. The minimum Gasteiger partial charge on any atom is -0.370 e. The molecule has 0 aliphatic heterocycles. The van der Waals surface area contributed by atoms with E-state index in [1.54, 1.807) is 0 Å². The van der Waals surface area contributed by atoms with Gasteiger partial charge in [-0.2, -0.15) is 0 Å². The van der Waals surface area contributed by atoms with Crippen LogP contribution in [0.2, 0.25) is 0 Å². The van der Waals surface area contributed by atoms with Gasteiger partial charge in [-0.05, 0) is 50.7 Å². The summed E-state index contributed by atoms with van der Waals surface area (Å²) in [5.74, 6) is -0.442. The lowest BCUT2D eigenvalue weighted by Crippen LogP contribution is -2.09. The zero-order valence-electron chi connectivity index (χ0n) is 11.2. The minimum absolute atomic E-state index is 0.221. The number of carbonyl (C=O) groups is 2. The average molecular weight is 282 g/mol. The van der Waals surface area contributed by atoms with E-state index < -0.39 is 0 Å². The van der Waals surface area contributed by atoms with Crippen molar-refractivity contribution in [3.63, 3.8) is 0 Å². The number of rotatable bonds is 10. The Kier molecular flexibility index (Phi) is 7.18. The Hall–Kier alpha value is -1.36. The normalized spacial score (nSPS) is 10.5. The van der Waals surface area contributed by atoms with E-state index in [1.807, 2.05) is 11.3 Å². The highest BCUT2D eigenvalue weighted by Gasteiger charge is 2.02. The molecule has 0 fully saturated rings.